The molecule has 0 saturated heterocycles. The molecule has 126 valence electrons. The lowest BCUT2D eigenvalue weighted by atomic mass is 10.1. The topological polar surface area (TPSA) is 58.2 Å². The Morgan fingerprint density at radius 2 is 1.75 bits per heavy atom. The van der Waals surface area contributed by atoms with Crippen molar-refractivity contribution in [2.24, 2.45) is 0 Å². The summed E-state index contributed by atoms with van der Waals surface area (Å²) in [5, 5.41) is 4.95. The number of para-hydroxylation sites is 1. The molecule has 0 bridgehead atoms. The summed E-state index contributed by atoms with van der Waals surface area (Å²) in [5.74, 6) is -1.33. The summed E-state index contributed by atoms with van der Waals surface area (Å²) in [7, 11) is 0. The van der Waals surface area contributed by atoms with Gasteiger partial charge in [0.2, 0.25) is 5.91 Å². The highest BCUT2D eigenvalue weighted by Crippen LogP contribution is 2.12. The Balaban J connectivity index is 1.84. The average molecular weight is 328 g/mol. The first-order valence-electron chi connectivity index (χ1n) is 8.01. The molecule has 0 spiro atoms. The van der Waals surface area contributed by atoms with Gasteiger partial charge in [-0.3, -0.25) is 9.59 Å². The number of hydrogen-bond acceptors (Lipinski definition) is 2. The van der Waals surface area contributed by atoms with Crippen LogP contribution in [0.25, 0.3) is 0 Å². The molecule has 0 radical (unpaired) electrons. The van der Waals surface area contributed by atoms with Gasteiger partial charge < -0.3 is 10.6 Å². The summed E-state index contributed by atoms with van der Waals surface area (Å²) in [5.41, 5.74) is 1.77. The van der Waals surface area contributed by atoms with Crippen LogP contribution < -0.4 is 10.6 Å². The van der Waals surface area contributed by atoms with E-state index < -0.39 is 11.7 Å². The van der Waals surface area contributed by atoms with E-state index in [1.807, 2.05) is 12.1 Å². The predicted octanol–water partition coefficient (Wildman–Crippen LogP) is 3.54. The molecule has 0 saturated carbocycles. The molecule has 4 nitrogen and oxygen atoms in total. The van der Waals surface area contributed by atoms with Crippen molar-refractivity contribution in [3.63, 3.8) is 0 Å². The number of unbranched alkanes of at least 4 members (excludes halogenated alkanes) is 1. The second-order valence-corrected chi connectivity index (χ2v) is 5.51. The average Bonchev–Trinajstić information content (AvgIpc) is 2.60. The van der Waals surface area contributed by atoms with Crippen LogP contribution in [-0.4, -0.2) is 18.4 Å². The van der Waals surface area contributed by atoms with Crippen LogP contribution >= 0.6 is 0 Å². The number of carbonyl (C=O) groups is 2. The fraction of sp³-hybridized carbons (Fsp3) is 0.263. The largest absolute Gasteiger partial charge is 0.343 e. The maximum atomic E-state index is 13.4. The highest BCUT2D eigenvalue weighted by atomic mass is 19.1. The van der Waals surface area contributed by atoms with E-state index in [0.29, 0.717) is 5.56 Å². The van der Waals surface area contributed by atoms with Gasteiger partial charge in [-0.25, -0.2) is 4.39 Å². The molecule has 0 aliphatic heterocycles. The molecule has 0 aromatic heterocycles. The first-order valence-corrected chi connectivity index (χ1v) is 8.01. The Hall–Kier alpha value is -2.69. The van der Waals surface area contributed by atoms with Crippen LogP contribution in [0.3, 0.4) is 0 Å². The number of halogens is 1. The molecule has 0 aliphatic rings. The van der Waals surface area contributed by atoms with Gasteiger partial charge in [0.05, 0.1) is 12.2 Å². The van der Waals surface area contributed by atoms with Gasteiger partial charge in [-0.15, -0.1) is 0 Å². The minimum Gasteiger partial charge on any atom is -0.343 e. The van der Waals surface area contributed by atoms with Crippen molar-refractivity contribution in [1.82, 2.24) is 5.32 Å². The molecule has 2 aromatic rings. The van der Waals surface area contributed by atoms with E-state index in [4.69, 9.17) is 0 Å². The fourth-order valence-corrected chi connectivity index (χ4v) is 2.22. The van der Waals surface area contributed by atoms with Crippen molar-refractivity contribution in [1.29, 1.82) is 0 Å². The van der Waals surface area contributed by atoms with Crippen LogP contribution in [0.5, 0.6) is 0 Å². The van der Waals surface area contributed by atoms with Crippen LogP contribution in [0, 0.1) is 5.82 Å². The molecular formula is C19H21FN2O2. The number of hydrogen-bond donors (Lipinski definition) is 2. The zero-order valence-electron chi connectivity index (χ0n) is 13.6. The summed E-state index contributed by atoms with van der Waals surface area (Å²) in [6.07, 6.45) is 3.23. The van der Waals surface area contributed by atoms with Crippen molar-refractivity contribution in [2.75, 3.05) is 11.9 Å². The third-order valence-electron chi connectivity index (χ3n) is 3.59. The van der Waals surface area contributed by atoms with Crippen molar-refractivity contribution >= 4 is 17.5 Å². The van der Waals surface area contributed by atoms with Crippen molar-refractivity contribution in [2.45, 2.75) is 26.2 Å². The third-order valence-corrected chi connectivity index (χ3v) is 3.59. The smallest absolute Gasteiger partial charge is 0.251 e. The molecule has 0 fully saturated rings. The van der Waals surface area contributed by atoms with Gasteiger partial charge in [0.25, 0.3) is 5.91 Å². The van der Waals surface area contributed by atoms with Crippen molar-refractivity contribution < 1.29 is 14.0 Å². The van der Waals surface area contributed by atoms with Crippen LogP contribution in [0.4, 0.5) is 10.1 Å². The molecular weight excluding hydrogens is 307 g/mol. The van der Waals surface area contributed by atoms with Crippen molar-refractivity contribution in [3.05, 3.63) is 65.5 Å². The molecule has 24 heavy (non-hydrogen) atoms. The number of nitrogens with one attached hydrogen (secondary N) is 2. The first-order chi connectivity index (χ1) is 11.6. The minimum atomic E-state index is -0.514. The van der Waals surface area contributed by atoms with E-state index in [1.54, 1.807) is 18.2 Å². The molecule has 5 heteroatoms. The normalized spacial score (nSPS) is 10.2. The number of aryl methyl sites for hydroxylation is 1. The van der Waals surface area contributed by atoms with E-state index in [9.17, 15) is 14.0 Å². The standard InChI is InChI=1S/C19H21FN2O2/c1-2-3-6-14-9-11-15(12-10-14)19(24)21-13-18(23)22-17-8-5-4-7-16(17)20/h4-5,7-12H,2-3,6,13H2,1H3,(H,21,24)(H,22,23). The highest BCUT2D eigenvalue weighted by Gasteiger charge is 2.10. The molecule has 0 aliphatic carbocycles. The predicted molar refractivity (Wildman–Crippen MR) is 92.4 cm³/mol. The van der Waals surface area contributed by atoms with Gasteiger partial charge in [-0.2, -0.15) is 0 Å². The lowest BCUT2D eigenvalue weighted by molar-refractivity contribution is -0.115. The van der Waals surface area contributed by atoms with Gasteiger partial charge in [0.15, 0.2) is 0 Å². The van der Waals surface area contributed by atoms with Crippen molar-refractivity contribution in [3.8, 4) is 0 Å². The third kappa shape index (κ3) is 5.19. The van der Waals surface area contributed by atoms with Gasteiger partial charge in [-0.05, 0) is 42.7 Å². The monoisotopic (exact) mass is 328 g/mol. The molecule has 0 heterocycles. The van der Waals surface area contributed by atoms with Crippen LogP contribution in [0.15, 0.2) is 48.5 Å². The molecule has 2 amide bonds. The zero-order valence-corrected chi connectivity index (χ0v) is 13.6. The Morgan fingerprint density at radius 3 is 2.42 bits per heavy atom. The summed E-state index contributed by atoms with van der Waals surface area (Å²) < 4.78 is 13.4. The SMILES string of the molecule is CCCCc1ccc(C(=O)NCC(=O)Nc2ccccc2F)cc1. The summed E-state index contributed by atoms with van der Waals surface area (Å²) in [4.78, 5) is 23.8. The Bertz CT molecular complexity index is 699. The quantitative estimate of drug-likeness (QED) is 0.817. The number of anilines is 1. The lowest BCUT2D eigenvalue weighted by Crippen LogP contribution is -2.33. The maximum absolute atomic E-state index is 13.4. The second kappa shape index (κ2) is 8.82. The fourth-order valence-electron chi connectivity index (χ4n) is 2.22. The van der Waals surface area contributed by atoms with E-state index in [1.165, 1.54) is 23.8 Å². The van der Waals surface area contributed by atoms with Gasteiger partial charge in [-0.1, -0.05) is 37.6 Å². The summed E-state index contributed by atoms with van der Waals surface area (Å²) in [6.45, 7) is 1.92. The Kier molecular flexibility index (Phi) is 6.49. The number of amides is 2. The lowest BCUT2D eigenvalue weighted by Gasteiger charge is -2.08. The molecule has 0 atom stereocenters. The number of benzene rings is 2. The van der Waals surface area contributed by atoms with Crippen LogP contribution in [0.1, 0.15) is 35.7 Å². The Labute approximate surface area is 141 Å². The highest BCUT2D eigenvalue weighted by molar-refractivity contribution is 5.99. The molecule has 2 N–H and O–H groups in total. The Morgan fingerprint density at radius 1 is 1.04 bits per heavy atom. The van der Waals surface area contributed by atoms with E-state index in [0.717, 1.165) is 19.3 Å². The number of rotatable bonds is 7. The maximum Gasteiger partial charge on any atom is 0.251 e. The summed E-state index contributed by atoms with van der Waals surface area (Å²) >= 11 is 0. The second-order valence-electron chi connectivity index (χ2n) is 5.51. The molecule has 0 unspecified atom stereocenters. The van der Waals surface area contributed by atoms with Gasteiger partial charge in [0, 0.05) is 5.56 Å². The van der Waals surface area contributed by atoms with Crippen LogP contribution in [0.2, 0.25) is 0 Å². The minimum absolute atomic E-state index is 0.0945. The van der Waals surface area contributed by atoms with Gasteiger partial charge in [0.1, 0.15) is 5.82 Å². The first kappa shape index (κ1) is 17.7. The van der Waals surface area contributed by atoms with Gasteiger partial charge >= 0.3 is 0 Å². The molecule has 2 rings (SSSR count). The zero-order chi connectivity index (χ0) is 17.4. The number of carbonyl (C=O) groups excluding carboxylic acids is 2. The van der Waals surface area contributed by atoms with E-state index in [-0.39, 0.29) is 18.1 Å². The van der Waals surface area contributed by atoms with E-state index in [2.05, 4.69) is 17.6 Å². The van der Waals surface area contributed by atoms with Crippen LogP contribution in [-0.2, 0) is 11.2 Å². The molecule has 2 aromatic carbocycles. The summed E-state index contributed by atoms with van der Waals surface area (Å²) in [6, 6.07) is 13.2. The van der Waals surface area contributed by atoms with E-state index >= 15 is 0 Å².